The molecule has 0 fully saturated rings. The fourth-order valence-corrected chi connectivity index (χ4v) is 2.29. The number of thiophene rings is 1. The van der Waals surface area contributed by atoms with E-state index in [1.165, 1.54) is 29.5 Å². The molecule has 0 radical (unpaired) electrons. The summed E-state index contributed by atoms with van der Waals surface area (Å²) in [7, 11) is 0. The van der Waals surface area contributed by atoms with Crippen LogP contribution >= 0.6 is 11.3 Å². The number of halogens is 3. The van der Waals surface area contributed by atoms with Crippen LogP contribution in [0.5, 0.6) is 5.75 Å². The first-order valence-corrected chi connectivity index (χ1v) is 5.98. The quantitative estimate of drug-likeness (QED) is 0.925. The first-order chi connectivity index (χ1) is 8.46. The van der Waals surface area contributed by atoms with E-state index in [0.29, 0.717) is 5.56 Å². The predicted octanol–water partition coefficient (Wildman–Crippen LogP) is 3.69. The largest absolute Gasteiger partial charge is 0.573 e. The lowest BCUT2D eigenvalue weighted by Crippen LogP contribution is -2.17. The summed E-state index contributed by atoms with van der Waals surface area (Å²) in [5.74, 6) is -0.257. The Labute approximate surface area is 106 Å². The van der Waals surface area contributed by atoms with Crippen LogP contribution in [-0.4, -0.2) is 6.36 Å². The van der Waals surface area contributed by atoms with Gasteiger partial charge in [0.2, 0.25) is 0 Å². The van der Waals surface area contributed by atoms with Gasteiger partial charge >= 0.3 is 6.36 Å². The summed E-state index contributed by atoms with van der Waals surface area (Å²) in [6.45, 7) is 0. The van der Waals surface area contributed by atoms with Crippen molar-refractivity contribution in [1.82, 2.24) is 0 Å². The van der Waals surface area contributed by atoms with E-state index in [1.54, 1.807) is 6.07 Å². The van der Waals surface area contributed by atoms with Gasteiger partial charge in [0.05, 0.1) is 6.04 Å². The van der Waals surface area contributed by atoms with Crippen molar-refractivity contribution in [2.75, 3.05) is 0 Å². The van der Waals surface area contributed by atoms with Crippen molar-refractivity contribution in [3.63, 3.8) is 0 Å². The van der Waals surface area contributed by atoms with Crippen molar-refractivity contribution in [3.8, 4) is 5.75 Å². The molecule has 6 heteroatoms. The minimum atomic E-state index is -4.69. The van der Waals surface area contributed by atoms with Gasteiger partial charge in [-0.2, -0.15) is 0 Å². The second kappa shape index (κ2) is 4.99. The molecule has 2 N–H and O–H groups in total. The summed E-state index contributed by atoms with van der Waals surface area (Å²) < 4.78 is 40.1. The van der Waals surface area contributed by atoms with Gasteiger partial charge in [0.1, 0.15) is 5.75 Å². The normalized spacial score (nSPS) is 13.3. The van der Waals surface area contributed by atoms with E-state index in [2.05, 4.69) is 4.74 Å². The lowest BCUT2D eigenvalue weighted by Gasteiger charge is -2.13. The third-order valence-electron chi connectivity index (χ3n) is 2.30. The first-order valence-electron chi connectivity index (χ1n) is 5.10. The molecule has 0 bridgehead atoms. The molecule has 0 aliphatic carbocycles. The van der Waals surface area contributed by atoms with Gasteiger partial charge in [-0.15, -0.1) is 24.5 Å². The third-order valence-corrected chi connectivity index (χ3v) is 3.26. The minimum Gasteiger partial charge on any atom is -0.406 e. The molecule has 1 atom stereocenters. The van der Waals surface area contributed by atoms with Gasteiger partial charge in [0.25, 0.3) is 0 Å². The van der Waals surface area contributed by atoms with E-state index in [1.807, 2.05) is 17.5 Å². The second-order valence-electron chi connectivity index (χ2n) is 3.61. The van der Waals surface area contributed by atoms with Crippen molar-refractivity contribution in [2.24, 2.45) is 5.73 Å². The van der Waals surface area contributed by atoms with Crippen molar-refractivity contribution < 1.29 is 17.9 Å². The molecule has 18 heavy (non-hydrogen) atoms. The van der Waals surface area contributed by atoms with Gasteiger partial charge in [0.15, 0.2) is 0 Å². The predicted molar refractivity (Wildman–Crippen MR) is 63.5 cm³/mol. The van der Waals surface area contributed by atoms with Crippen LogP contribution in [0.2, 0.25) is 0 Å². The molecule has 1 aromatic heterocycles. The zero-order chi connectivity index (χ0) is 13.2. The highest BCUT2D eigenvalue weighted by atomic mass is 32.1. The third kappa shape index (κ3) is 3.24. The summed E-state index contributed by atoms with van der Waals surface area (Å²) in [6.07, 6.45) is -4.69. The number of nitrogens with two attached hydrogens (primary N) is 1. The molecule has 96 valence electrons. The van der Waals surface area contributed by atoms with Crippen molar-refractivity contribution in [2.45, 2.75) is 12.4 Å². The molecule has 0 aliphatic rings. The lowest BCUT2D eigenvalue weighted by molar-refractivity contribution is -0.274. The number of rotatable bonds is 3. The van der Waals surface area contributed by atoms with Gasteiger partial charge in [-0.3, -0.25) is 0 Å². The van der Waals surface area contributed by atoms with E-state index in [0.717, 1.165) is 4.88 Å². The van der Waals surface area contributed by atoms with Crippen molar-refractivity contribution in [3.05, 3.63) is 52.2 Å². The van der Waals surface area contributed by atoms with Crippen LogP contribution in [0, 0.1) is 0 Å². The molecule has 0 saturated carbocycles. The maximum Gasteiger partial charge on any atom is 0.573 e. The molecular weight excluding hydrogens is 263 g/mol. The number of ether oxygens (including phenoxy) is 1. The van der Waals surface area contributed by atoms with Crippen LogP contribution in [0.4, 0.5) is 13.2 Å². The zero-order valence-electron chi connectivity index (χ0n) is 9.15. The molecule has 0 saturated heterocycles. The average Bonchev–Trinajstić information content (AvgIpc) is 2.79. The molecule has 0 amide bonds. The topological polar surface area (TPSA) is 35.2 Å². The summed E-state index contributed by atoms with van der Waals surface area (Å²) in [6, 6.07) is 8.96. The molecular formula is C12H10F3NOS. The fourth-order valence-electron chi connectivity index (χ4n) is 1.54. The van der Waals surface area contributed by atoms with E-state index in [-0.39, 0.29) is 5.75 Å². The lowest BCUT2D eigenvalue weighted by atomic mass is 10.1. The van der Waals surface area contributed by atoms with Gasteiger partial charge in [-0.25, -0.2) is 0 Å². The Hall–Kier alpha value is -1.53. The van der Waals surface area contributed by atoms with Gasteiger partial charge in [0, 0.05) is 4.88 Å². The Morgan fingerprint density at radius 1 is 1.17 bits per heavy atom. The van der Waals surface area contributed by atoms with Gasteiger partial charge in [-0.1, -0.05) is 18.2 Å². The molecule has 1 heterocycles. The highest BCUT2D eigenvalue weighted by molar-refractivity contribution is 7.10. The second-order valence-corrected chi connectivity index (χ2v) is 4.59. The molecule has 0 spiro atoms. The summed E-state index contributed by atoms with van der Waals surface area (Å²) in [5, 5.41) is 1.87. The number of alkyl halides is 3. The molecule has 1 aromatic carbocycles. The molecule has 1 unspecified atom stereocenters. The van der Waals surface area contributed by atoms with Crippen LogP contribution < -0.4 is 10.5 Å². The fraction of sp³-hybridized carbons (Fsp3) is 0.167. The Kier molecular flexibility index (Phi) is 3.58. The molecule has 2 aromatic rings. The monoisotopic (exact) mass is 273 g/mol. The molecule has 2 nitrogen and oxygen atoms in total. The summed E-state index contributed by atoms with van der Waals surface area (Å²) in [4.78, 5) is 0.888. The summed E-state index contributed by atoms with van der Waals surface area (Å²) in [5.41, 5.74) is 6.55. The van der Waals surface area contributed by atoms with Gasteiger partial charge < -0.3 is 10.5 Å². The van der Waals surface area contributed by atoms with E-state index in [9.17, 15) is 13.2 Å². The molecule has 0 aliphatic heterocycles. The first kappa shape index (κ1) is 12.9. The van der Waals surface area contributed by atoms with Crippen LogP contribution in [0.1, 0.15) is 16.5 Å². The molecule has 2 rings (SSSR count). The summed E-state index contributed by atoms with van der Waals surface area (Å²) >= 11 is 1.46. The number of benzene rings is 1. The van der Waals surface area contributed by atoms with Gasteiger partial charge in [-0.05, 0) is 29.1 Å². The Morgan fingerprint density at radius 2 is 1.94 bits per heavy atom. The zero-order valence-corrected chi connectivity index (χ0v) is 9.96. The highest BCUT2D eigenvalue weighted by Crippen LogP contribution is 2.28. The Morgan fingerprint density at radius 3 is 2.56 bits per heavy atom. The standard InChI is InChI=1S/C12H10F3NOS/c13-12(14,15)17-9-4-1-3-8(7-9)11(16)10-5-2-6-18-10/h1-7,11H,16H2. The highest BCUT2D eigenvalue weighted by Gasteiger charge is 2.31. The van der Waals surface area contributed by atoms with E-state index < -0.39 is 12.4 Å². The van der Waals surface area contributed by atoms with Crippen LogP contribution in [0.15, 0.2) is 41.8 Å². The number of hydrogen-bond donors (Lipinski definition) is 1. The average molecular weight is 273 g/mol. The van der Waals surface area contributed by atoms with E-state index in [4.69, 9.17) is 5.73 Å². The Balaban J connectivity index is 2.22. The van der Waals surface area contributed by atoms with Crippen LogP contribution in [-0.2, 0) is 0 Å². The Bertz CT molecular complexity index is 510. The number of hydrogen-bond acceptors (Lipinski definition) is 3. The van der Waals surface area contributed by atoms with Crippen molar-refractivity contribution >= 4 is 11.3 Å². The maximum absolute atomic E-state index is 12.1. The van der Waals surface area contributed by atoms with Crippen LogP contribution in [0.25, 0.3) is 0 Å². The minimum absolute atomic E-state index is 0.257. The van der Waals surface area contributed by atoms with Crippen molar-refractivity contribution in [1.29, 1.82) is 0 Å². The SMILES string of the molecule is NC(c1cccc(OC(F)(F)F)c1)c1cccs1. The smallest absolute Gasteiger partial charge is 0.406 e. The van der Waals surface area contributed by atoms with E-state index >= 15 is 0 Å². The maximum atomic E-state index is 12.1. The van der Waals surface area contributed by atoms with Crippen LogP contribution in [0.3, 0.4) is 0 Å².